The number of ether oxygens (including phenoxy) is 1. The van der Waals surface area contributed by atoms with Crippen molar-refractivity contribution >= 4 is 23.5 Å². The number of hydrogen-bond acceptors (Lipinski definition) is 4. The first-order valence-corrected chi connectivity index (χ1v) is 13.7. The maximum absolute atomic E-state index is 13.3. The summed E-state index contributed by atoms with van der Waals surface area (Å²) in [5.41, 5.74) is 4.62. The Morgan fingerprint density at radius 3 is 2.42 bits per heavy atom. The fourth-order valence-electron chi connectivity index (χ4n) is 4.17. The number of rotatable bonds is 14. The lowest BCUT2D eigenvalue weighted by molar-refractivity contribution is -0.136. The predicted octanol–water partition coefficient (Wildman–Crippen LogP) is 7.54. The monoisotopic (exact) mass is 504 g/mol. The molecule has 1 unspecified atom stereocenters. The molecular weight excluding hydrogens is 468 g/mol. The number of carboxylic acid groups (broad SMARTS) is 1. The van der Waals surface area contributed by atoms with E-state index in [0.29, 0.717) is 23.3 Å². The third kappa shape index (κ3) is 7.99. The molecule has 190 valence electrons. The first-order valence-electron chi connectivity index (χ1n) is 12.7. The van der Waals surface area contributed by atoms with Crippen LogP contribution in [0.2, 0.25) is 0 Å². The number of carbonyl (C=O) groups excluding carboxylic acids is 1. The van der Waals surface area contributed by atoms with Crippen molar-refractivity contribution in [3.8, 4) is 5.75 Å². The van der Waals surface area contributed by atoms with Crippen LogP contribution < -0.4 is 4.74 Å². The minimum absolute atomic E-state index is 0.0102. The number of benzene rings is 3. The van der Waals surface area contributed by atoms with Gasteiger partial charge in [0.1, 0.15) is 5.75 Å². The van der Waals surface area contributed by atoms with Gasteiger partial charge in [0.15, 0.2) is 5.78 Å². The number of aryl methyl sites for hydroxylation is 3. The maximum Gasteiger partial charge on any atom is 0.303 e. The highest BCUT2D eigenvalue weighted by Gasteiger charge is 2.19. The zero-order valence-electron chi connectivity index (χ0n) is 21.5. The van der Waals surface area contributed by atoms with E-state index in [1.54, 1.807) is 11.8 Å². The van der Waals surface area contributed by atoms with Gasteiger partial charge in [0.05, 0.1) is 11.7 Å². The first kappa shape index (κ1) is 27.5. The molecule has 3 rings (SSSR count). The summed E-state index contributed by atoms with van der Waals surface area (Å²) < 4.78 is 6.47. The minimum Gasteiger partial charge on any atom is -0.490 e. The van der Waals surface area contributed by atoms with Crippen molar-refractivity contribution < 1.29 is 19.4 Å². The van der Waals surface area contributed by atoms with Gasteiger partial charge >= 0.3 is 5.97 Å². The molecule has 0 fully saturated rings. The van der Waals surface area contributed by atoms with Crippen LogP contribution in [-0.4, -0.2) is 28.7 Å². The fourth-order valence-corrected chi connectivity index (χ4v) is 5.22. The van der Waals surface area contributed by atoms with E-state index in [4.69, 9.17) is 9.84 Å². The summed E-state index contributed by atoms with van der Waals surface area (Å²) in [6.45, 7) is 6.28. The third-order valence-electron chi connectivity index (χ3n) is 6.27. The topological polar surface area (TPSA) is 63.6 Å². The predicted molar refractivity (Wildman–Crippen MR) is 147 cm³/mol. The van der Waals surface area contributed by atoms with E-state index in [1.807, 2.05) is 61.5 Å². The van der Waals surface area contributed by atoms with Gasteiger partial charge in [-0.2, -0.15) is 0 Å². The zero-order valence-corrected chi connectivity index (χ0v) is 22.3. The molecule has 4 nitrogen and oxygen atoms in total. The van der Waals surface area contributed by atoms with Crippen molar-refractivity contribution in [2.45, 2.75) is 70.3 Å². The van der Waals surface area contributed by atoms with Gasteiger partial charge in [-0.1, -0.05) is 62.7 Å². The van der Waals surface area contributed by atoms with Crippen LogP contribution >= 0.6 is 11.8 Å². The lowest BCUT2D eigenvalue weighted by Crippen LogP contribution is -2.19. The van der Waals surface area contributed by atoms with Crippen LogP contribution in [0.15, 0.2) is 71.6 Å². The summed E-state index contributed by atoms with van der Waals surface area (Å²) in [6.07, 6.45) is 4.38. The number of carbonyl (C=O) groups is 2. The summed E-state index contributed by atoms with van der Waals surface area (Å²) in [6, 6.07) is 21.6. The second kappa shape index (κ2) is 13.9. The molecule has 0 bridgehead atoms. The van der Waals surface area contributed by atoms with Crippen LogP contribution in [0, 0.1) is 6.92 Å². The molecule has 0 amide bonds. The van der Waals surface area contributed by atoms with Crippen LogP contribution in [0.1, 0.15) is 72.1 Å². The zero-order chi connectivity index (χ0) is 25.9. The average Bonchev–Trinajstić information content (AvgIpc) is 2.88. The molecular formula is C31H36O4S. The quantitative estimate of drug-likeness (QED) is 0.181. The molecule has 0 heterocycles. The van der Waals surface area contributed by atoms with Gasteiger partial charge in [0, 0.05) is 22.6 Å². The van der Waals surface area contributed by atoms with E-state index in [1.165, 1.54) is 4.90 Å². The Kier molecular flexibility index (Phi) is 10.6. The van der Waals surface area contributed by atoms with E-state index in [-0.39, 0.29) is 18.3 Å². The second-order valence-electron chi connectivity index (χ2n) is 9.03. The SMILES string of the molecule is CCCC(CCSc1ccc(CCC(=O)O)c(C)c1)Oc1ccc(CC)cc1C(=O)c1ccccc1. The normalized spacial score (nSPS) is 11.8. The average molecular weight is 505 g/mol. The molecule has 36 heavy (non-hydrogen) atoms. The Morgan fingerprint density at radius 2 is 1.75 bits per heavy atom. The number of aliphatic carboxylic acids is 1. The van der Waals surface area contributed by atoms with Crippen LogP contribution in [0.5, 0.6) is 5.75 Å². The highest BCUT2D eigenvalue weighted by atomic mass is 32.2. The third-order valence-corrected chi connectivity index (χ3v) is 7.30. The maximum atomic E-state index is 13.3. The van der Waals surface area contributed by atoms with Gasteiger partial charge in [0.2, 0.25) is 0 Å². The van der Waals surface area contributed by atoms with E-state index in [9.17, 15) is 9.59 Å². The summed E-state index contributed by atoms with van der Waals surface area (Å²) in [7, 11) is 0. The Morgan fingerprint density at radius 1 is 0.972 bits per heavy atom. The standard InChI is InChI=1S/C31H36O4S/c1-4-9-26(18-19-36-27-15-13-24(22(3)20-27)14-17-30(32)33)35-29-16-12-23(5-2)21-28(29)31(34)25-10-7-6-8-11-25/h6-8,10-13,15-16,20-21,26H,4-5,9,14,17-19H2,1-3H3,(H,32,33). The Labute approximate surface area is 219 Å². The van der Waals surface area contributed by atoms with Gasteiger partial charge in [-0.15, -0.1) is 11.8 Å². The van der Waals surface area contributed by atoms with Gasteiger partial charge in [0.25, 0.3) is 0 Å². The molecule has 1 atom stereocenters. The molecule has 0 aromatic heterocycles. The highest BCUT2D eigenvalue weighted by molar-refractivity contribution is 7.99. The van der Waals surface area contributed by atoms with Crippen molar-refractivity contribution in [1.29, 1.82) is 0 Å². The summed E-state index contributed by atoms with van der Waals surface area (Å²) in [5, 5.41) is 8.93. The molecule has 0 saturated heterocycles. The fraction of sp³-hybridized carbons (Fsp3) is 0.355. The van der Waals surface area contributed by atoms with Crippen LogP contribution in [-0.2, 0) is 17.6 Å². The Balaban J connectivity index is 1.68. The summed E-state index contributed by atoms with van der Waals surface area (Å²) in [5.74, 6) is 0.771. The van der Waals surface area contributed by atoms with E-state index >= 15 is 0 Å². The van der Waals surface area contributed by atoms with E-state index < -0.39 is 5.97 Å². The summed E-state index contributed by atoms with van der Waals surface area (Å²) in [4.78, 5) is 25.3. The van der Waals surface area contributed by atoms with Crippen molar-refractivity contribution in [1.82, 2.24) is 0 Å². The molecule has 3 aromatic carbocycles. The number of thioether (sulfide) groups is 1. The van der Waals surface area contributed by atoms with Gasteiger partial charge in [-0.3, -0.25) is 9.59 Å². The Hall–Kier alpha value is -3.05. The molecule has 0 aliphatic carbocycles. The van der Waals surface area contributed by atoms with Crippen molar-refractivity contribution in [2.24, 2.45) is 0 Å². The molecule has 0 aliphatic heterocycles. The van der Waals surface area contributed by atoms with Gasteiger partial charge < -0.3 is 9.84 Å². The molecule has 0 radical (unpaired) electrons. The lowest BCUT2D eigenvalue weighted by atomic mass is 9.99. The Bertz CT molecular complexity index is 1160. The minimum atomic E-state index is -0.771. The molecule has 0 saturated carbocycles. The number of hydrogen-bond donors (Lipinski definition) is 1. The lowest BCUT2D eigenvalue weighted by Gasteiger charge is -2.21. The van der Waals surface area contributed by atoms with Crippen molar-refractivity contribution in [3.05, 3.63) is 94.5 Å². The van der Waals surface area contributed by atoms with Gasteiger partial charge in [-0.05, 0) is 73.6 Å². The van der Waals surface area contributed by atoms with Crippen LogP contribution in [0.4, 0.5) is 0 Å². The van der Waals surface area contributed by atoms with Crippen LogP contribution in [0.3, 0.4) is 0 Å². The van der Waals surface area contributed by atoms with Gasteiger partial charge in [-0.25, -0.2) is 0 Å². The molecule has 0 aliphatic rings. The summed E-state index contributed by atoms with van der Waals surface area (Å²) >= 11 is 1.78. The highest BCUT2D eigenvalue weighted by Crippen LogP contribution is 2.28. The number of carboxylic acids is 1. The molecule has 5 heteroatoms. The van der Waals surface area contributed by atoms with E-state index in [2.05, 4.69) is 26.0 Å². The second-order valence-corrected chi connectivity index (χ2v) is 10.2. The van der Waals surface area contributed by atoms with E-state index in [0.717, 1.165) is 48.1 Å². The molecule has 3 aromatic rings. The van der Waals surface area contributed by atoms with Crippen LogP contribution in [0.25, 0.3) is 0 Å². The first-order chi connectivity index (χ1) is 17.4. The smallest absolute Gasteiger partial charge is 0.303 e. The van der Waals surface area contributed by atoms with Crippen molar-refractivity contribution in [2.75, 3.05) is 5.75 Å². The van der Waals surface area contributed by atoms with Crippen molar-refractivity contribution in [3.63, 3.8) is 0 Å². The molecule has 0 spiro atoms. The largest absolute Gasteiger partial charge is 0.490 e. The molecule has 1 N–H and O–H groups in total. The number of ketones is 1.